The summed E-state index contributed by atoms with van der Waals surface area (Å²) in [7, 11) is 0. The first kappa shape index (κ1) is 10.5. The first-order chi connectivity index (χ1) is 2.56. The number of rotatable bonds is 1. The molecule has 38 valence electrons. The second-order valence-electron chi connectivity index (χ2n) is 1.67. The average molecular weight is 95.1 g/mol. The van der Waals surface area contributed by atoms with Gasteiger partial charge in [0.05, 0.1) is 0 Å². The quantitative estimate of drug-likeness (QED) is 0.270. The Bertz CT molecular complexity index is 41.4. The van der Waals surface area contributed by atoms with Gasteiger partial charge < -0.3 is 10.8 Å². The fraction of sp³-hybridized carbons (Fsp3) is 1.00. The van der Waals surface area contributed by atoms with Crippen LogP contribution in [0.3, 0.4) is 0 Å². The Labute approximate surface area is 56.3 Å². The molecule has 1 unspecified atom stereocenters. The molecule has 0 aromatic rings. The fourth-order valence-corrected chi connectivity index (χ4v) is 0. The molecule has 0 aliphatic rings. The van der Waals surface area contributed by atoms with Crippen molar-refractivity contribution in [3.63, 3.8) is 0 Å². The van der Waals surface area contributed by atoms with Crippen LogP contribution in [0.1, 0.15) is 20.3 Å². The summed E-state index contributed by atoms with van der Waals surface area (Å²) in [5, 5.41) is 10.2. The molecule has 0 aromatic heterocycles. The monoisotopic (exact) mass is 95.1 g/mol. The summed E-state index contributed by atoms with van der Waals surface area (Å²) in [6, 6.07) is 0. The van der Waals surface area contributed by atoms with Gasteiger partial charge in [0, 0.05) is 0 Å². The van der Waals surface area contributed by atoms with Gasteiger partial charge in [-0.3, -0.25) is 0 Å². The second-order valence-corrected chi connectivity index (χ2v) is 1.67. The van der Waals surface area contributed by atoms with Crippen molar-refractivity contribution in [3.05, 3.63) is 0 Å². The molecule has 3 heteroatoms. The summed E-state index contributed by atoms with van der Waals surface area (Å²) in [5.41, 5.74) is 3.77. The number of hydrogen-bond acceptors (Lipinski definition) is 2. The Balaban J connectivity index is 0. The SMILES string of the molecule is CCC(C)(N)[O-].[Li+]. The summed E-state index contributed by atoms with van der Waals surface area (Å²) >= 11 is 0. The van der Waals surface area contributed by atoms with Crippen molar-refractivity contribution in [3.8, 4) is 0 Å². The van der Waals surface area contributed by atoms with Gasteiger partial charge in [0.2, 0.25) is 0 Å². The molecule has 7 heavy (non-hydrogen) atoms. The normalized spacial score (nSPS) is 17.1. The summed E-state index contributed by atoms with van der Waals surface area (Å²) in [4.78, 5) is 0. The molecule has 0 fully saturated rings. The number of hydrogen-bond donors (Lipinski definition) is 1. The van der Waals surface area contributed by atoms with Crippen LogP contribution in [0.2, 0.25) is 0 Å². The molecule has 0 rings (SSSR count). The molecule has 0 amide bonds. The van der Waals surface area contributed by atoms with Crippen LogP contribution in [-0.2, 0) is 0 Å². The third-order valence-corrected chi connectivity index (χ3v) is 0.702. The van der Waals surface area contributed by atoms with E-state index < -0.39 is 5.72 Å². The minimum absolute atomic E-state index is 0. The zero-order chi connectivity index (χ0) is 5.21. The third kappa shape index (κ3) is 10.7. The van der Waals surface area contributed by atoms with E-state index in [0.717, 1.165) is 0 Å². The van der Waals surface area contributed by atoms with E-state index in [4.69, 9.17) is 5.73 Å². The zero-order valence-corrected chi connectivity index (χ0v) is 5.19. The molecular weight excluding hydrogens is 85.0 g/mol. The topological polar surface area (TPSA) is 49.1 Å². The van der Waals surface area contributed by atoms with Crippen molar-refractivity contribution in [1.29, 1.82) is 0 Å². The molecule has 0 spiro atoms. The van der Waals surface area contributed by atoms with Crippen LogP contribution in [-0.4, -0.2) is 5.72 Å². The summed E-state index contributed by atoms with van der Waals surface area (Å²) in [5.74, 6) is 0. The molecular formula is C4H10LiNO. The molecule has 0 bridgehead atoms. The standard InChI is InChI=1S/C4H10NO.Li/c1-3-4(2,5)6;/h3,5H2,1-2H3;/q-1;+1. The zero-order valence-electron chi connectivity index (χ0n) is 5.19. The predicted molar refractivity (Wildman–Crippen MR) is 22.9 cm³/mol. The third-order valence-electron chi connectivity index (χ3n) is 0.702. The molecule has 0 saturated carbocycles. The van der Waals surface area contributed by atoms with E-state index in [2.05, 4.69) is 0 Å². The van der Waals surface area contributed by atoms with Gasteiger partial charge in [0.25, 0.3) is 0 Å². The molecule has 0 saturated heterocycles. The summed E-state index contributed by atoms with van der Waals surface area (Å²) < 4.78 is 0. The van der Waals surface area contributed by atoms with E-state index in [1.54, 1.807) is 6.92 Å². The summed E-state index contributed by atoms with van der Waals surface area (Å²) in [6.07, 6.45) is 0.493. The first-order valence-electron chi connectivity index (χ1n) is 2.05. The maximum absolute atomic E-state index is 10.2. The Kier molecular flexibility index (Phi) is 5.26. The van der Waals surface area contributed by atoms with Crippen LogP contribution in [0, 0.1) is 0 Å². The summed E-state index contributed by atoms with van der Waals surface area (Å²) in [6.45, 7) is 3.24. The number of nitrogens with two attached hydrogens (primary N) is 1. The maximum Gasteiger partial charge on any atom is 1.00 e. The minimum atomic E-state index is -1.21. The van der Waals surface area contributed by atoms with Crippen molar-refractivity contribution in [2.75, 3.05) is 0 Å². The van der Waals surface area contributed by atoms with Crippen molar-refractivity contribution >= 4 is 0 Å². The van der Waals surface area contributed by atoms with Crippen LogP contribution in [0.25, 0.3) is 0 Å². The van der Waals surface area contributed by atoms with Crippen LogP contribution in [0.5, 0.6) is 0 Å². The van der Waals surface area contributed by atoms with Gasteiger partial charge in [-0.15, -0.1) is 0 Å². The van der Waals surface area contributed by atoms with Crippen molar-refractivity contribution in [1.82, 2.24) is 0 Å². The van der Waals surface area contributed by atoms with Crippen LogP contribution in [0.15, 0.2) is 0 Å². The molecule has 2 nitrogen and oxygen atoms in total. The van der Waals surface area contributed by atoms with Gasteiger partial charge in [-0.25, -0.2) is 0 Å². The van der Waals surface area contributed by atoms with E-state index in [1.807, 2.05) is 0 Å². The molecule has 0 heterocycles. The van der Waals surface area contributed by atoms with Gasteiger partial charge in [-0.05, 0) is 0 Å². The van der Waals surface area contributed by atoms with E-state index in [0.29, 0.717) is 6.42 Å². The smallest absolute Gasteiger partial charge is 0.839 e. The maximum atomic E-state index is 10.2. The molecule has 0 aliphatic carbocycles. The molecule has 0 radical (unpaired) electrons. The van der Waals surface area contributed by atoms with E-state index in [-0.39, 0.29) is 18.9 Å². The molecule has 0 aliphatic heterocycles. The van der Waals surface area contributed by atoms with E-state index >= 15 is 0 Å². The van der Waals surface area contributed by atoms with Crippen LogP contribution in [0.4, 0.5) is 0 Å². The first-order valence-corrected chi connectivity index (χ1v) is 2.05. The minimum Gasteiger partial charge on any atom is -0.839 e. The Morgan fingerprint density at radius 1 is 1.71 bits per heavy atom. The molecule has 2 N–H and O–H groups in total. The van der Waals surface area contributed by atoms with Crippen molar-refractivity contribution < 1.29 is 24.0 Å². The van der Waals surface area contributed by atoms with Crippen LogP contribution < -0.4 is 29.7 Å². The van der Waals surface area contributed by atoms with E-state index in [1.165, 1.54) is 6.92 Å². The van der Waals surface area contributed by atoms with Gasteiger partial charge in [0.1, 0.15) is 0 Å². The second kappa shape index (κ2) is 3.51. The predicted octanol–water partition coefficient (Wildman–Crippen LogP) is -3.56. The van der Waals surface area contributed by atoms with Gasteiger partial charge >= 0.3 is 18.9 Å². The largest absolute Gasteiger partial charge is 1.00 e. The Morgan fingerprint density at radius 3 is 1.86 bits per heavy atom. The Hall–Kier alpha value is 0.517. The van der Waals surface area contributed by atoms with Gasteiger partial charge in [-0.2, -0.15) is 0 Å². The average Bonchev–Trinajstić information content (AvgIpc) is 1.35. The van der Waals surface area contributed by atoms with E-state index in [9.17, 15) is 5.11 Å². The van der Waals surface area contributed by atoms with Crippen molar-refractivity contribution in [2.24, 2.45) is 5.73 Å². The van der Waals surface area contributed by atoms with Crippen LogP contribution >= 0.6 is 0 Å². The Morgan fingerprint density at radius 2 is 1.86 bits per heavy atom. The fourth-order valence-electron chi connectivity index (χ4n) is 0. The molecule has 1 atom stereocenters. The van der Waals surface area contributed by atoms with Gasteiger partial charge in [-0.1, -0.05) is 26.0 Å². The van der Waals surface area contributed by atoms with Crippen molar-refractivity contribution in [2.45, 2.75) is 26.0 Å². The van der Waals surface area contributed by atoms with Gasteiger partial charge in [0.15, 0.2) is 0 Å². The molecule has 0 aromatic carbocycles.